The number of likely N-dealkylation sites (tertiary alicyclic amines) is 1. The number of pyridine rings is 1. The van der Waals surface area contributed by atoms with Crippen LogP contribution in [0.5, 0.6) is 0 Å². The lowest BCUT2D eigenvalue weighted by atomic mass is 9.88. The van der Waals surface area contributed by atoms with Crippen LogP contribution < -0.4 is 5.32 Å². The lowest BCUT2D eigenvalue weighted by molar-refractivity contribution is -0.123. The van der Waals surface area contributed by atoms with Crippen LogP contribution in [0.15, 0.2) is 29.6 Å². The number of rotatable bonds is 4. The number of amides is 3. The van der Waals surface area contributed by atoms with Crippen LogP contribution in [0.2, 0.25) is 0 Å². The van der Waals surface area contributed by atoms with E-state index in [4.69, 9.17) is 4.84 Å². The number of urea groups is 1. The van der Waals surface area contributed by atoms with E-state index in [9.17, 15) is 9.59 Å². The summed E-state index contributed by atoms with van der Waals surface area (Å²) in [5.41, 5.74) is 0.625. The molecule has 0 aliphatic carbocycles. The van der Waals surface area contributed by atoms with Crippen molar-refractivity contribution >= 4 is 17.6 Å². The maximum absolute atomic E-state index is 12.7. The van der Waals surface area contributed by atoms with Gasteiger partial charge in [0.2, 0.25) is 0 Å². The number of nitrogens with zero attached hydrogens (tertiary/aromatic N) is 4. The average Bonchev–Trinajstić information content (AvgIpc) is 3.04. The fourth-order valence-corrected chi connectivity index (χ4v) is 3.49. The van der Waals surface area contributed by atoms with Crippen LogP contribution in [0.25, 0.3) is 0 Å². The summed E-state index contributed by atoms with van der Waals surface area (Å²) in [5.74, 6) is -0.165. The smallest absolute Gasteiger partial charge is 0.317 e. The van der Waals surface area contributed by atoms with Crippen LogP contribution in [-0.4, -0.2) is 64.2 Å². The molecule has 27 heavy (non-hydrogen) atoms. The standard InChI is InChI=1S/C19H27N5O3/c1-14(2)21-18(26)24-10-6-8-19(13-24)11-16(22-27-19)17(25)23(3)12-15-7-4-5-9-20-15/h4-5,7,9,14H,6,8,10-13H2,1-3H3,(H,21,26)/t19-/m1/s1. The van der Waals surface area contributed by atoms with Crippen molar-refractivity contribution < 1.29 is 14.4 Å². The number of hydrogen-bond donors (Lipinski definition) is 1. The number of carbonyl (C=O) groups is 2. The van der Waals surface area contributed by atoms with Gasteiger partial charge in [-0.25, -0.2) is 4.79 Å². The van der Waals surface area contributed by atoms with Crippen molar-refractivity contribution in [2.75, 3.05) is 20.1 Å². The molecule has 3 heterocycles. The molecule has 1 aromatic rings. The zero-order chi connectivity index (χ0) is 19.4. The molecule has 0 aromatic carbocycles. The Kier molecular flexibility index (Phi) is 5.62. The second-order valence-electron chi connectivity index (χ2n) is 7.60. The molecule has 1 spiro atoms. The third-order valence-corrected chi connectivity index (χ3v) is 4.80. The number of oxime groups is 1. The summed E-state index contributed by atoms with van der Waals surface area (Å²) in [6.45, 7) is 5.40. The predicted octanol–water partition coefficient (Wildman–Crippen LogP) is 1.77. The van der Waals surface area contributed by atoms with Gasteiger partial charge < -0.3 is 20.0 Å². The van der Waals surface area contributed by atoms with Gasteiger partial charge in [0.25, 0.3) is 5.91 Å². The van der Waals surface area contributed by atoms with Gasteiger partial charge >= 0.3 is 6.03 Å². The molecule has 1 atom stereocenters. The zero-order valence-electron chi connectivity index (χ0n) is 16.1. The van der Waals surface area contributed by atoms with Crippen LogP contribution in [-0.2, 0) is 16.2 Å². The lowest BCUT2D eigenvalue weighted by Gasteiger charge is -2.38. The number of hydrogen-bond acceptors (Lipinski definition) is 5. The van der Waals surface area contributed by atoms with Gasteiger partial charge in [0, 0.05) is 32.3 Å². The minimum Gasteiger partial charge on any atom is -0.386 e. The number of aromatic nitrogens is 1. The number of nitrogens with one attached hydrogen (secondary N) is 1. The summed E-state index contributed by atoms with van der Waals surface area (Å²) < 4.78 is 0. The van der Waals surface area contributed by atoms with E-state index >= 15 is 0 Å². The first kappa shape index (κ1) is 19.1. The Morgan fingerprint density at radius 2 is 2.22 bits per heavy atom. The van der Waals surface area contributed by atoms with E-state index in [2.05, 4.69) is 15.5 Å². The van der Waals surface area contributed by atoms with Crippen molar-refractivity contribution in [3.63, 3.8) is 0 Å². The van der Waals surface area contributed by atoms with E-state index in [0.717, 1.165) is 18.5 Å². The minimum atomic E-state index is -0.594. The lowest BCUT2D eigenvalue weighted by Crippen LogP contribution is -2.54. The number of piperidine rings is 1. The van der Waals surface area contributed by atoms with E-state index in [1.807, 2.05) is 32.0 Å². The first-order valence-electron chi connectivity index (χ1n) is 9.34. The summed E-state index contributed by atoms with van der Waals surface area (Å²) in [5, 5.41) is 6.99. The Hall–Kier alpha value is -2.64. The Bertz CT molecular complexity index is 721. The van der Waals surface area contributed by atoms with Gasteiger partial charge in [-0.15, -0.1) is 0 Å². The zero-order valence-corrected chi connectivity index (χ0v) is 16.1. The minimum absolute atomic E-state index is 0.0773. The molecule has 0 saturated carbocycles. The molecule has 0 bridgehead atoms. The van der Waals surface area contributed by atoms with Crippen LogP contribution >= 0.6 is 0 Å². The molecule has 8 nitrogen and oxygen atoms in total. The highest BCUT2D eigenvalue weighted by atomic mass is 16.7. The van der Waals surface area contributed by atoms with Crippen LogP contribution in [0.4, 0.5) is 4.79 Å². The first-order chi connectivity index (χ1) is 12.9. The molecular weight excluding hydrogens is 346 g/mol. The van der Waals surface area contributed by atoms with E-state index in [1.165, 1.54) is 0 Å². The monoisotopic (exact) mass is 373 g/mol. The van der Waals surface area contributed by atoms with Crippen LogP contribution in [0.3, 0.4) is 0 Å². The average molecular weight is 373 g/mol. The molecule has 0 unspecified atom stereocenters. The highest BCUT2D eigenvalue weighted by molar-refractivity contribution is 6.39. The fraction of sp³-hybridized carbons (Fsp3) is 0.579. The Labute approximate surface area is 159 Å². The molecule has 1 saturated heterocycles. The molecule has 1 aromatic heterocycles. The topological polar surface area (TPSA) is 87.1 Å². The molecule has 0 radical (unpaired) electrons. The fourth-order valence-electron chi connectivity index (χ4n) is 3.49. The Morgan fingerprint density at radius 3 is 2.93 bits per heavy atom. The molecule has 1 N–H and O–H groups in total. The van der Waals surface area contributed by atoms with Crippen LogP contribution in [0, 0.1) is 0 Å². The molecule has 146 valence electrons. The summed E-state index contributed by atoms with van der Waals surface area (Å²) in [4.78, 5) is 38.3. The summed E-state index contributed by atoms with van der Waals surface area (Å²) in [6, 6.07) is 5.59. The SMILES string of the molecule is CC(C)NC(=O)N1CCC[C@@]2(CC(C(=O)N(C)Cc3ccccn3)=NO2)C1. The Balaban J connectivity index is 1.59. The molecule has 1 fully saturated rings. The Morgan fingerprint density at radius 1 is 1.41 bits per heavy atom. The van der Waals surface area contributed by atoms with Gasteiger partial charge in [-0.2, -0.15) is 0 Å². The number of carbonyl (C=O) groups excluding carboxylic acids is 2. The van der Waals surface area contributed by atoms with Gasteiger partial charge in [0.05, 0.1) is 18.8 Å². The molecule has 8 heteroatoms. The van der Waals surface area contributed by atoms with Crippen LogP contribution in [0.1, 0.15) is 38.8 Å². The second kappa shape index (κ2) is 7.94. The van der Waals surface area contributed by atoms with E-state index in [1.54, 1.807) is 23.0 Å². The normalized spacial score (nSPS) is 21.8. The third kappa shape index (κ3) is 4.56. The van der Waals surface area contributed by atoms with Gasteiger partial charge in [0.15, 0.2) is 5.60 Å². The highest BCUT2D eigenvalue weighted by Crippen LogP contribution is 2.33. The second-order valence-corrected chi connectivity index (χ2v) is 7.60. The predicted molar refractivity (Wildman–Crippen MR) is 101 cm³/mol. The van der Waals surface area contributed by atoms with E-state index in [-0.39, 0.29) is 18.0 Å². The highest BCUT2D eigenvalue weighted by Gasteiger charge is 2.46. The van der Waals surface area contributed by atoms with Crippen molar-refractivity contribution in [3.05, 3.63) is 30.1 Å². The van der Waals surface area contributed by atoms with Crippen molar-refractivity contribution in [3.8, 4) is 0 Å². The van der Waals surface area contributed by atoms with Gasteiger partial charge in [0.1, 0.15) is 5.71 Å². The van der Waals surface area contributed by atoms with E-state index in [0.29, 0.717) is 31.8 Å². The van der Waals surface area contributed by atoms with Gasteiger partial charge in [-0.3, -0.25) is 9.78 Å². The molecule has 3 amide bonds. The molecule has 2 aliphatic rings. The maximum atomic E-state index is 12.7. The van der Waals surface area contributed by atoms with Crippen molar-refractivity contribution in [1.29, 1.82) is 0 Å². The van der Waals surface area contributed by atoms with Gasteiger partial charge in [-0.05, 0) is 38.8 Å². The molecular formula is C19H27N5O3. The molecule has 2 aliphatic heterocycles. The van der Waals surface area contributed by atoms with Crippen molar-refractivity contribution in [2.45, 2.75) is 51.3 Å². The van der Waals surface area contributed by atoms with E-state index < -0.39 is 5.60 Å². The third-order valence-electron chi connectivity index (χ3n) is 4.80. The van der Waals surface area contributed by atoms with Crippen molar-refractivity contribution in [1.82, 2.24) is 20.1 Å². The van der Waals surface area contributed by atoms with Gasteiger partial charge in [-0.1, -0.05) is 11.2 Å². The molecule has 3 rings (SSSR count). The summed E-state index contributed by atoms with van der Waals surface area (Å²) >= 11 is 0. The van der Waals surface area contributed by atoms with Crippen molar-refractivity contribution in [2.24, 2.45) is 5.16 Å². The summed E-state index contributed by atoms with van der Waals surface area (Å²) in [7, 11) is 1.73. The first-order valence-corrected chi connectivity index (χ1v) is 9.34. The largest absolute Gasteiger partial charge is 0.386 e. The summed E-state index contributed by atoms with van der Waals surface area (Å²) in [6.07, 6.45) is 3.73. The maximum Gasteiger partial charge on any atom is 0.317 e. The quantitative estimate of drug-likeness (QED) is 0.871.